The van der Waals surface area contributed by atoms with Crippen molar-refractivity contribution in [2.45, 2.75) is 12.1 Å². The number of non-ortho nitro benzene ring substituents is 1. The maximum absolute atomic E-state index is 13.5. The van der Waals surface area contributed by atoms with E-state index in [1.54, 1.807) is 60.7 Å². The van der Waals surface area contributed by atoms with Crippen molar-refractivity contribution in [3.05, 3.63) is 99.6 Å². The zero-order chi connectivity index (χ0) is 22.4. The first-order valence-electron chi connectivity index (χ1n) is 9.85. The zero-order valence-corrected chi connectivity index (χ0v) is 17.3. The molecule has 0 spiro atoms. The highest BCUT2D eigenvalue weighted by Gasteiger charge is 2.60. The van der Waals surface area contributed by atoms with Crippen LogP contribution in [-0.2, 0) is 14.4 Å². The number of nitrogens with zero attached hydrogens (tertiary/aromatic N) is 3. The fourth-order valence-corrected chi connectivity index (χ4v) is 4.49. The molecular formula is C23H16ClN3O5. The summed E-state index contributed by atoms with van der Waals surface area (Å²) in [4.78, 5) is 44.6. The molecule has 2 aliphatic heterocycles. The van der Waals surface area contributed by atoms with E-state index in [0.29, 0.717) is 22.0 Å². The van der Waals surface area contributed by atoms with Crippen LogP contribution in [0.2, 0.25) is 5.02 Å². The van der Waals surface area contributed by atoms with Crippen LogP contribution in [-0.4, -0.2) is 22.8 Å². The van der Waals surface area contributed by atoms with Gasteiger partial charge in [0, 0.05) is 17.2 Å². The molecule has 2 saturated heterocycles. The Morgan fingerprint density at radius 3 is 2.28 bits per heavy atom. The van der Waals surface area contributed by atoms with Crippen LogP contribution < -0.4 is 9.96 Å². The average Bonchev–Trinajstić information content (AvgIpc) is 3.31. The third kappa shape index (κ3) is 3.12. The monoisotopic (exact) mass is 449 g/mol. The van der Waals surface area contributed by atoms with Gasteiger partial charge in [-0.25, -0.2) is 9.96 Å². The fraction of sp³-hybridized carbons (Fsp3) is 0.130. The minimum absolute atomic E-state index is 0.135. The summed E-state index contributed by atoms with van der Waals surface area (Å²) in [6.07, 6.45) is -1.08. The zero-order valence-electron chi connectivity index (χ0n) is 16.5. The quantitative estimate of drug-likeness (QED) is 0.335. The number of anilines is 2. The highest BCUT2D eigenvalue weighted by Crippen LogP contribution is 2.49. The van der Waals surface area contributed by atoms with Crippen molar-refractivity contribution in [1.82, 2.24) is 0 Å². The number of amides is 2. The van der Waals surface area contributed by atoms with Crippen molar-refractivity contribution >= 4 is 40.5 Å². The minimum Gasteiger partial charge on any atom is -0.273 e. The topological polar surface area (TPSA) is 93.0 Å². The number of hydrogen-bond donors (Lipinski definition) is 0. The Bertz CT molecular complexity index is 1240. The number of benzene rings is 3. The smallest absolute Gasteiger partial charge is 0.271 e. The van der Waals surface area contributed by atoms with Gasteiger partial charge in [0.05, 0.1) is 22.3 Å². The van der Waals surface area contributed by atoms with Gasteiger partial charge in [-0.1, -0.05) is 54.1 Å². The number of fused-ring (bicyclic) bond motifs is 1. The van der Waals surface area contributed by atoms with Gasteiger partial charge in [-0.05, 0) is 29.8 Å². The van der Waals surface area contributed by atoms with Crippen LogP contribution in [0.1, 0.15) is 11.6 Å². The Kier molecular flexibility index (Phi) is 4.88. The molecule has 2 aliphatic rings. The van der Waals surface area contributed by atoms with Gasteiger partial charge in [-0.3, -0.25) is 24.5 Å². The molecule has 0 bridgehead atoms. The Hall–Kier alpha value is -3.75. The van der Waals surface area contributed by atoms with Crippen molar-refractivity contribution < 1.29 is 19.3 Å². The summed E-state index contributed by atoms with van der Waals surface area (Å²) in [5, 5.41) is 13.1. The second-order valence-corrected chi connectivity index (χ2v) is 7.88. The summed E-state index contributed by atoms with van der Waals surface area (Å²) in [5.41, 5.74) is 1.26. The number of imide groups is 1. The summed E-state index contributed by atoms with van der Waals surface area (Å²) < 4.78 is 0. The van der Waals surface area contributed by atoms with Crippen LogP contribution in [0.15, 0.2) is 78.9 Å². The Morgan fingerprint density at radius 1 is 0.875 bits per heavy atom. The predicted octanol–water partition coefficient (Wildman–Crippen LogP) is 4.30. The Morgan fingerprint density at radius 2 is 1.56 bits per heavy atom. The molecule has 9 heteroatoms. The van der Waals surface area contributed by atoms with Gasteiger partial charge in [0.1, 0.15) is 5.92 Å². The normalized spacial score (nSPS) is 22.3. The molecule has 3 atom stereocenters. The lowest BCUT2D eigenvalue weighted by atomic mass is 9.90. The van der Waals surface area contributed by atoms with Crippen LogP contribution in [0.25, 0.3) is 0 Å². The number of para-hydroxylation sites is 1. The Balaban J connectivity index is 1.62. The summed E-state index contributed by atoms with van der Waals surface area (Å²) in [7, 11) is 0. The summed E-state index contributed by atoms with van der Waals surface area (Å²) in [6.45, 7) is 0. The number of nitro groups is 1. The number of nitro benzene ring substituents is 1. The first kappa shape index (κ1) is 20.2. The van der Waals surface area contributed by atoms with Crippen LogP contribution in [0.3, 0.4) is 0 Å². The molecule has 0 saturated carbocycles. The summed E-state index contributed by atoms with van der Waals surface area (Å²) in [5.74, 6) is -1.78. The lowest BCUT2D eigenvalue weighted by Gasteiger charge is -2.29. The van der Waals surface area contributed by atoms with Crippen LogP contribution in [0, 0.1) is 16.0 Å². The van der Waals surface area contributed by atoms with Crippen LogP contribution >= 0.6 is 11.6 Å². The minimum atomic E-state index is -1.08. The van der Waals surface area contributed by atoms with Gasteiger partial charge < -0.3 is 0 Å². The second kappa shape index (κ2) is 7.74. The van der Waals surface area contributed by atoms with Crippen molar-refractivity contribution in [1.29, 1.82) is 0 Å². The van der Waals surface area contributed by atoms with E-state index < -0.39 is 34.8 Å². The molecular weight excluding hydrogens is 434 g/mol. The van der Waals surface area contributed by atoms with E-state index in [0.717, 1.165) is 4.90 Å². The highest BCUT2D eigenvalue weighted by molar-refractivity contribution is 6.31. The van der Waals surface area contributed by atoms with Crippen molar-refractivity contribution in [3.8, 4) is 0 Å². The second-order valence-electron chi connectivity index (χ2n) is 7.47. The molecule has 0 unspecified atom stereocenters. The molecule has 0 radical (unpaired) electrons. The van der Waals surface area contributed by atoms with Crippen LogP contribution in [0.5, 0.6) is 0 Å². The number of hydrogen-bond acceptors (Lipinski definition) is 6. The SMILES string of the molecule is O=C1[C@H]2[C@H](ON(c3cccc([N+](=O)[O-])c3)[C@@H]2c2ccccc2Cl)C(=O)N1c1ccccc1. The molecule has 0 N–H and O–H groups in total. The molecule has 3 aromatic carbocycles. The van der Waals surface area contributed by atoms with Gasteiger partial charge in [0.15, 0.2) is 6.10 Å². The van der Waals surface area contributed by atoms with Gasteiger partial charge in [-0.15, -0.1) is 0 Å². The van der Waals surface area contributed by atoms with E-state index in [1.807, 2.05) is 0 Å². The van der Waals surface area contributed by atoms with E-state index in [4.69, 9.17) is 16.4 Å². The van der Waals surface area contributed by atoms with E-state index in [9.17, 15) is 19.7 Å². The molecule has 0 aromatic heterocycles. The first-order chi connectivity index (χ1) is 15.5. The van der Waals surface area contributed by atoms with E-state index in [2.05, 4.69) is 0 Å². The van der Waals surface area contributed by atoms with Crippen molar-refractivity contribution in [2.75, 3.05) is 9.96 Å². The number of carbonyl (C=O) groups excluding carboxylic acids is 2. The molecule has 2 heterocycles. The summed E-state index contributed by atoms with van der Waals surface area (Å²) in [6, 6.07) is 20.7. The van der Waals surface area contributed by atoms with Gasteiger partial charge in [0.2, 0.25) is 5.91 Å². The number of rotatable bonds is 4. The molecule has 2 fully saturated rings. The lowest BCUT2D eigenvalue weighted by Crippen LogP contribution is -2.37. The largest absolute Gasteiger partial charge is 0.273 e. The van der Waals surface area contributed by atoms with Gasteiger partial charge in [-0.2, -0.15) is 0 Å². The van der Waals surface area contributed by atoms with Gasteiger partial charge >= 0.3 is 0 Å². The lowest BCUT2D eigenvalue weighted by molar-refractivity contribution is -0.384. The molecule has 8 nitrogen and oxygen atoms in total. The van der Waals surface area contributed by atoms with Gasteiger partial charge in [0.25, 0.3) is 11.6 Å². The number of carbonyl (C=O) groups is 2. The van der Waals surface area contributed by atoms with Crippen LogP contribution in [0.4, 0.5) is 17.1 Å². The fourth-order valence-electron chi connectivity index (χ4n) is 4.24. The number of hydroxylamine groups is 1. The van der Waals surface area contributed by atoms with E-state index in [-0.39, 0.29) is 5.69 Å². The molecule has 3 aromatic rings. The maximum Gasteiger partial charge on any atom is 0.271 e. The number of halogens is 1. The Labute approximate surface area is 187 Å². The molecule has 5 rings (SSSR count). The van der Waals surface area contributed by atoms with Crippen molar-refractivity contribution in [3.63, 3.8) is 0 Å². The first-order valence-corrected chi connectivity index (χ1v) is 10.2. The van der Waals surface area contributed by atoms with E-state index in [1.165, 1.54) is 23.3 Å². The maximum atomic E-state index is 13.5. The summed E-state index contributed by atoms with van der Waals surface area (Å²) >= 11 is 6.47. The standard InChI is InChI=1S/C23H16ClN3O5/c24-18-12-5-4-11-17(18)20-19-21(23(29)25(22(19)28)14-7-2-1-3-8-14)32-26(20)15-9-6-10-16(13-15)27(30)31/h1-13,19-21H/t19-,20-,21+/m1/s1. The van der Waals surface area contributed by atoms with Crippen molar-refractivity contribution in [2.24, 2.45) is 5.92 Å². The van der Waals surface area contributed by atoms with E-state index >= 15 is 0 Å². The molecule has 160 valence electrons. The third-order valence-electron chi connectivity index (χ3n) is 5.65. The third-order valence-corrected chi connectivity index (χ3v) is 5.99. The average molecular weight is 450 g/mol. The highest BCUT2D eigenvalue weighted by atomic mass is 35.5. The molecule has 32 heavy (non-hydrogen) atoms. The molecule has 2 amide bonds. The predicted molar refractivity (Wildman–Crippen MR) is 117 cm³/mol. The molecule has 0 aliphatic carbocycles.